The minimum atomic E-state index is 0.116. The summed E-state index contributed by atoms with van der Waals surface area (Å²) in [4.78, 5) is 16.3. The van der Waals surface area contributed by atoms with Crippen LogP contribution in [0.3, 0.4) is 0 Å². The Morgan fingerprint density at radius 1 is 1.39 bits per heavy atom. The van der Waals surface area contributed by atoms with E-state index in [1.54, 1.807) is 19.5 Å². The van der Waals surface area contributed by atoms with Gasteiger partial charge in [-0.3, -0.25) is 9.78 Å². The van der Waals surface area contributed by atoms with E-state index in [0.717, 1.165) is 22.8 Å². The fraction of sp³-hybridized carbons (Fsp3) is 0.333. The maximum Gasteiger partial charge on any atom is 0.163 e. The highest BCUT2D eigenvalue weighted by atomic mass is 16.5. The standard InChI is InChI=1S/C15H17NO2/c1-11(18-2)6-7-15(17)14-5-3-4-12-10-16-9-8-13(12)14/h3-5,8-11H,6-7H2,1-2H3. The number of carbonyl (C=O) groups is 1. The molecule has 0 fully saturated rings. The number of ether oxygens (including phenoxy) is 1. The molecule has 0 amide bonds. The molecular formula is C15H17NO2. The van der Waals surface area contributed by atoms with Crippen LogP contribution in [0, 0.1) is 0 Å². The maximum atomic E-state index is 12.2. The Kier molecular flexibility index (Phi) is 4.05. The summed E-state index contributed by atoms with van der Waals surface area (Å²) in [5.74, 6) is 0.163. The molecular weight excluding hydrogens is 226 g/mol. The highest BCUT2D eigenvalue weighted by Crippen LogP contribution is 2.19. The number of nitrogens with zero attached hydrogens (tertiary/aromatic N) is 1. The van der Waals surface area contributed by atoms with Crippen molar-refractivity contribution in [1.29, 1.82) is 0 Å². The number of aromatic nitrogens is 1. The number of pyridine rings is 1. The molecule has 94 valence electrons. The Bertz CT molecular complexity index is 546. The maximum absolute atomic E-state index is 12.2. The van der Waals surface area contributed by atoms with Gasteiger partial charge >= 0.3 is 0 Å². The average molecular weight is 243 g/mol. The van der Waals surface area contributed by atoms with Gasteiger partial charge in [0.25, 0.3) is 0 Å². The third kappa shape index (κ3) is 2.74. The van der Waals surface area contributed by atoms with Gasteiger partial charge in [-0.05, 0) is 24.8 Å². The lowest BCUT2D eigenvalue weighted by molar-refractivity contribution is 0.0879. The van der Waals surface area contributed by atoms with Gasteiger partial charge in [0.1, 0.15) is 0 Å². The first-order valence-electron chi connectivity index (χ1n) is 6.11. The third-order valence-electron chi connectivity index (χ3n) is 3.16. The van der Waals surface area contributed by atoms with Gasteiger partial charge < -0.3 is 4.74 Å². The van der Waals surface area contributed by atoms with Crippen LogP contribution in [0.25, 0.3) is 10.8 Å². The van der Waals surface area contributed by atoms with Gasteiger partial charge in [-0.15, -0.1) is 0 Å². The molecule has 1 aromatic carbocycles. The first kappa shape index (κ1) is 12.7. The van der Waals surface area contributed by atoms with E-state index in [2.05, 4.69) is 4.98 Å². The summed E-state index contributed by atoms with van der Waals surface area (Å²) in [6.07, 6.45) is 4.87. The number of rotatable bonds is 5. The molecule has 0 spiro atoms. The van der Waals surface area contributed by atoms with E-state index in [1.807, 2.05) is 31.2 Å². The Morgan fingerprint density at radius 3 is 3.00 bits per heavy atom. The molecule has 0 aliphatic carbocycles. The Labute approximate surface area is 107 Å². The van der Waals surface area contributed by atoms with Crippen molar-refractivity contribution in [2.45, 2.75) is 25.9 Å². The summed E-state index contributed by atoms with van der Waals surface area (Å²) in [5, 5.41) is 1.98. The molecule has 1 atom stereocenters. The molecule has 1 unspecified atom stereocenters. The van der Waals surface area contributed by atoms with Gasteiger partial charge in [-0.1, -0.05) is 18.2 Å². The first-order valence-corrected chi connectivity index (χ1v) is 6.11. The molecule has 0 saturated heterocycles. The van der Waals surface area contributed by atoms with Crippen molar-refractivity contribution in [3.05, 3.63) is 42.2 Å². The van der Waals surface area contributed by atoms with Crippen molar-refractivity contribution in [2.24, 2.45) is 0 Å². The Balaban J connectivity index is 2.22. The van der Waals surface area contributed by atoms with Crippen LogP contribution in [0.1, 0.15) is 30.1 Å². The minimum Gasteiger partial charge on any atom is -0.382 e. The quantitative estimate of drug-likeness (QED) is 0.757. The number of ketones is 1. The van der Waals surface area contributed by atoms with Crippen LogP contribution >= 0.6 is 0 Å². The number of Topliss-reactive ketones (excluding diaryl/α,β-unsaturated/α-hetero) is 1. The van der Waals surface area contributed by atoms with Crippen LogP contribution in [0.5, 0.6) is 0 Å². The van der Waals surface area contributed by atoms with Crippen molar-refractivity contribution >= 4 is 16.6 Å². The second-order valence-electron chi connectivity index (χ2n) is 4.41. The van der Waals surface area contributed by atoms with Crippen molar-refractivity contribution in [1.82, 2.24) is 4.98 Å². The van der Waals surface area contributed by atoms with E-state index in [4.69, 9.17) is 4.74 Å². The highest BCUT2D eigenvalue weighted by Gasteiger charge is 2.11. The van der Waals surface area contributed by atoms with Crippen LogP contribution < -0.4 is 0 Å². The number of methoxy groups -OCH3 is 1. The molecule has 0 saturated carbocycles. The Morgan fingerprint density at radius 2 is 2.22 bits per heavy atom. The molecule has 2 aromatic rings. The van der Waals surface area contributed by atoms with Crippen LogP contribution in [0.2, 0.25) is 0 Å². The number of hydrogen-bond acceptors (Lipinski definition) is 3. The van der Waals surface area contributed by atoms with Crippen molar-refractivity contribution < 1.29 is 9.53 Å². The third-order valence-corrected chi connectivity index (χ3v) is 3.16. The summed E-state index contributed by atoms with van der Waals surface area (Å²) >= 11 is 0. The number of hydrogen-bond donors (Lipinski definition) is 0. The summed E-state index contributed by atoms with van der Waals surface area (Å²) in [6, 6.07) is 7.64. The monoisotopic (exact) mass is 243 g/mol. The van der Waals surface area contributed by atoms with Gasteiger partial charge in [0.05, 0.1) is 6.10 Å². The summed E-state index contributed by atoms with van der Waals surface area (Å²) in [5.41, 5.74) is 0.776. The predicted molar refractivity (Wildman–Crippen MR) is 71.8 cm³/mol. The molecule has 18 heavy (non-hydrogen) atoms. The molecule has 3 heteroatoms. The van der Waals surface area contributed by atoms with Crippen LogP contribution in [0.15, 0.2) is 36.7 Å². The zero-order valence-corrected chi connectivity index (χ0v) is 10.7. The summed E-state index contributed by atoms with van der Waals surface area (Å²) in [6.45, 7) is 1.97. The lowest BCUT2D eigenvalue weighted by Gasteiger charge is -2.09. The molecule has 3 nitrogen and oxygen atoms in total. The SMILES string of the molecule is COC(C)CCC(=O)c1cccc2cnccc12. The van der Waals surface area contributed by atoms with Crippen LogP contribution in [-0.4, -0.2) is 24.0 Å². The average Bonchev–Trinajstić information content (AvgIpc) is 2.43. The smallest absolute Gasteiger partial charge is 0.163 e. The van der Waals surface area contributed by atoms with E-state index in [-0.39, 0.29) is 11.9 Å². The lowest BCUT2D eigenvalue weighted by atomic mass is 9.99. The molecule has 0 N–H and O–H groups in total. The van der Waals surface area contributed by atoms with Gasteiger partial charge in [-0.2, -0.15) is 0 Å². The molecule has 2 rings (SSSR count). The van der Waals surface area contributed by atoms with E-state index in [9.17, 15) is 4.79 Å². The van der Waals surface area contributed by atoms with E-state index >= 15 is 0 Å². The predicted octanol–water partition coefficient (Wildman–Crippen LogP) is 3.23. The number of fused-ring (bicyclic) bond motifs is 1. The second kappa shape index (κ2) is 5.74. The van der Waals surface area contributed by atoms with E-state index in [1.165, 1.54) is 0 Å². The summed E-state index contributed by atoms with van der Waals surface area (Å²) in [7, 11) is 1.67. The fourth-order valence-corrected chi connectivity index (χ4v) is 1.95. The zero-order valence-electron chi connectivity index (χ0n) is 10.7. The molecule has 1 heterocycles. The Hall–Kier alpha value is -1.74. The molecule has 0 aliphatic heterocycles. The van der Waals surface area contributed by atoms with Crippen molar-refractivity contribution in [3.63, 3.8) is 0 Å². The van der Waals surface area contributed by atoms with Gasteiger partial charge in [0.15, 0.2) is 5.78 Å². The topological polar surface area (TPSA) is 39.2 Å². The molecule has 0 bridgehead atoms. The highest BCUT2D eigenvalue weighted by molar-refractivity contribution is 6.07. The van der Waals surface area contributed by atoms with E-state index in [0.29, 0.717) is 6.42 Å². The van der Waals surface area contributed by atoms with Crippen molar-refractivity contribution in [2.75, 3.05) is 7.11 Å². The second-order valence-corrected chi connectivity index (χ2v) is 4.41. The molecule has 0 aliphatic rings. The zero-order chi connectivity index (χ0) is 13.0. The van der Waals surface area contributed by atoms with Gasteiger partial charge in [-0.25, -0.2) is 0 Å². The van der Waals surface area contributed by atoms with Gasteiger partial charge in [0.2, 0.25) is 0 Å². The van der Waals surface area contributed by atoms with E-state index < -0.39 is 0 Å². The summed E-state index contributed by atoms with van der Waals surface area (Å²) < 4.78 is 5.16. The number of benzene rings is 1. The number of carbonyl (C=O) groups excluding carboxylic acids is 1. The van der Waals surface area contributed by atoms with Gasteiger partial charge in [0, 0.05) is 36.9 Å². The van der Waals surface area contributed by atoms with Crippen LogP contribution in [0.4, 0.5) is 0 Å². The fourth-order valence-electron chi connectivity index (χ4n) is 1.95. The normalized spacial score (nSPS) is 12.6. The van der Waals surface area contributed by atoms with Crippen molar-refractivity contribution in [3.8, 4) is 0 Å². The van der Waals surface area contributed by atoms with Crippen LogP contribution in [-0.2, 0) is 4.74 Å². The lowest BCUT2D eigenvalue weighted by Crippen LogP contribution is -2.09. The molecule has 0 radical (unpaired) electrons. The molecule has 1 aromatic heterocycles. The minimum absolute atomic E-state index is 0.116. The first-order chi connectivity index (χ1) is 8.72. The largest absolute Gasteiger partial charge is 0.382 e.